The quantitative estimate of drug-likeness (QED) is 0.120. The van der Waals surface area contributed by atoms with Crippen LogP contribution in [0.3, 0.4) is 0 Å². The van der Waals surface area contributed by atoms with Crippen LogP contribution in [0.5, 0.6) is 11.5 Å². The molecule has 1 heterocycles. The van der Waals surface area contributed by atoms with Crippen LogP contribution in [0.1, 0.15) is 0 Å². The predicted molar refractivity (Wildman–Crippen MR) is 148 cm³/mol. The third-order valence-corrected chi connectivity index (χ3v) is 7.13. The van der Waals surface area contributed by atoms with E-state index in [1.807, 2.05) is 24.3 Å². The summed E-state index contributed by atoms with van der Waals surface area (Å²) in [5, 5.41) is 6.72. The molecular formula is C30H24O6S. The van der Waals surface area contributed by atoms with Gasteiger partial charge in [0.05, 0.1) is 0 Å². The number of carbonyl (C=O) groups excluding carboxylic acids is 2. The van der Waals surface area contributed by atoms with Crippen molar-refractivity contribution in [3.8, 4) is 11.5 Å². The summed E-state index contributed by atoms with van der Waals surface area (Å²) < 4.78 is 24.1. The molecule has 7 heteroatoms. The first-order valence-corrected chi connectivity index (χ1v) is 12.6. The number of ether oxygens (including phenoxy) is 4. The first-order chi connectivity index (χ1) is 18.1. The topological polar surface area (TPSA) is 71.1 Å². The van der Waals surface area contributed by atoms with Crippen LogP contribution in [0.4, 0.5) is 0 Å². The fourth-order valence-corrected chi connectivity index (χ4v) is 5.54. The second-order valence-corrected chi connectivity index (χ2v) is 9.21. The van der Waals surface area contributed by atoms with Gasteiger partial charge in [0.1, 0.15) is 37.9 Å². The summed E-state index contributed by atoms with van der Waals surface area (Å²) in [5.41, 5.74) is 0. The van der Waals surface area contributed by atoms with Crippen LogP contribution in [0.25, 0.3) is 41.7 Å². The van der Waals surface area contributed by atoms with Crippen LogP contribution in [-0.2, 0) is 19.1 Å². The normalized spacial score (nSPS) is 11.0. The molecule has 0 bridgehead atoms. The fourth-order valence-electron chi connectivity index (χ4n) is 4.30. The van der Waals surface area contributed by atoms with Gasteiger partial charge in [-0.05, 0) is 41.1 Å². The van der Waals surface area contributed by atoms with Gasteiger partial charge in [-0.1, -0.05) is 43.5 Å². The minimum absolute atomic E-state index is 0.157. The fraction of sp³-hybridized carbons (Fsp3) is 0.133. The molecule has 0 aliphatic carbocycles. The summed E-state index contributed by atoms with van der Waals surface area (Å²) in [6, 6.07) is 20.5. The molecule has 6 nitrogen and oxygen atoms in total. The Morgan fingerprint density at radius 3 is 2.19 bits per heavy atom. The van der Waals surface area contributed by atoms with E-state index in [-0.39, 0.29) is 26.4 Å². The Kier molecular flexibility index (Phi) is 7.05. The van der Waals surface area contributed by atoms with Gasteiger partial charge in [0, 0.05) is 43.1 Å². The number of hydrogen-bond donors (Lipinski definition) is 0. The molecule has 0 saturated carbocycles. The molecule has 0 radical (unpaired) electrons. The molecule has 0 aliphatic heterocycles. The number of rotatable bonds is 10. The van der Waals surface area contributed by atoms with Crippen molar-refractivity contribution < 1.29 is 28.5 Å². The van der Waals surface area contributed by atoms with Crippen LogP contribution in [0.2, 0.25) is 0 Å². The van der Waals surface area contributed by atoms with Gasteiger partial charge in [-0.2, -0.15) is 0 Å². The Hall–Kier alpha value is -4.36. The Morgan fingerprint density at radius 2 is 1.43 bits per heavy atom. The van der Waals surface area contributed by atoms with Crippen molar-refractivity contribution in [1.29, 1.82) is 0 Å². The van der Waals surface area contributed by atoms with E-state index >= 15 is 0 Å². The molecule has 0 aliphatic rings. The van der Waals surface area contributed by atoms with Crippen molar-refractivity contribution in [3.05, 3.63) is 86.0 Å². The molecular weight excluding hydrogens is 488 g/mol. The summed E-state index contributed by atoms with van der Waals surface area (Å²) in [5.74, 6) is 0.534. The predicted octanol–water partition coefficient (Wildman–Crippen LogP) is 6.58. The molecule has 186 valence electrons. The smallest absolute Gasteiger partial charge is 0.330 e. The average Bonchev–Trinajstić information content (AvgIpc) is 3.32. The number of benzene rings is 4. The largest absolute Gasteiger partial charge is 0.490 e. The Morgan fingerprint density at radius 1 is 0.730 bits per heavy atom. The lowest BCUT2D eigenvalue weighted by Crippen LogP contribution is -2.10. The zero-order valence-corrected chi connectivity index (χ0v) is 20.8. The van der Waals surface area contributed by atoms with Crippen molar-refractivity contribution in [2.45, 2.75) is 0 Å². The lowest BCUT2D eigenvalue weighted by molar-refractivity contribution is -0.139. The van der Waals surface area contributed by atoms with E-state index in [1.165, 1.54) is 20.2 Å². The van der Waals surface area contributed by atoms with Crippen molar-refractivity contribution in [2.75, 3.05) is 26.4 Å². The molecule has 0 spiro atoms. The highest BCUT2D eigenvalue weighted by atomic mass is 32.1. The van der Waals surface area contributed by atoms with Gasteiger partial charge in [0.25, 0.3) is 0 Å². The minimum atomic E-state index is -0.464. The van der Waals surface area contributed by atoms with Gasteiger partial charge >= 0.3 is 11.9 Å². The average molecular weight is 513 g/mol. The van der Waals surface area contributed by atoms with Crippen molar-refractivity contribution in [2.24, 2.45) is 0 Å². The van der Waals surface area contributed by atoms with Gasteiger partial charge in [-0.3, -0.25) is 0 Å². The Bertz CT molecular complexity index is 1670. The standard InChI is InChI=1S/C30H24O6S/c1-3-27(31)35-16-14-33-20-9-10-21-19(18-20)8-13-26-29(21)24-12-11-22-23(30(24)37-26)6-5-7-25(22)34-15-17-36-28(32)4-2/h3-13,18H,1-2,14-17H2. The maximum absolute atomic E-state index is 11.3. The van der Waals surface area contributed by atoms with Gasteiger partial charge < -0.3 is 18.9 Å². The van der Waals surface area contributed by atoms with E-state index in [0.717, 1.165) is 39.4 Å². The lowest BCUT2D eigenvalue weighted by atomic mass is 10.0. The molecule has 4 aromatic carbocycles. The molecule has 0 saturated heterocycles. The zero-order valence-electron chi connectivity index (χ0n) is 20.0. The summed E-state index contributed by atoms with van der Waals surface area (Å²) in [6.07, 6.45) is 2.27. The van der Waals surface area contributed by atoms with Crippen LogP contribution in [-0.4, -0.2) is 38.4 Å². The zero-order chi connectivity index (χ0) is 25.8. The third kappa shape index (κ3) is 4.99. The van der Waals surface area contributed by atoms with Crippen molar-refractivity contribution in [1.82, 2.24) is 0 Å². The number of esters is 2. The van der Waals surface area contributed by atoms with Crippen LogP contribution in [0, 0.1) is 0 Å². The minimum Gasteiger partial charge on any atom is -0.490 e. The van der Waals surface area contributed by atoms with E-state index in [4.69, 9.17) is 18.9 Å². The summed E-state index contributed by atoms with van der Waals surface area (Å²) >= 11 is 1.75. The van der Waals surface area contributed by atoms with Crippen LogP contribution in [0.15, 0.2) is 86.0 Å². The maximum Gasteiger partial charge on any atom is 0.330 e. The number of fused-ring (bicyclic) bond motifs is 7. The second-order valence-electron chi connectivity index (χ2n) is 8.16. The van der Waals surface area contributed by atoms with Gasteiger partial charge in [0.15, 0.2) is 0 Å². The Balaban J connectivity index is 1.44. The van der Waals surface area contributed by atoms with Gasteiger partial charge in [0.2, 0.25) is 0 Å². The molecule has 0 unspecified atom stereocenters. The number of carbonyl (C=O) groups is 2. The summed E-state index contributed by atoms with van der Waals surface area (Å²) in [6.45, 7) is 7.62. The van der Waals surface area contributed by atoms with Crippen molar-refractivity contribution >= 4 is 65.0 Å². The molecule has 0 fully saturated rings. The van der Waals surface area contributed by atoms with Crippen LogP contribution >= 0.6 is 11.3 Å². The Labute approximate surface area is 217 Å². The van der Waals surface area contributed by atoms with E-state index in [2.05, 4.69) is 49.6 Å². The van der Waals surface area contributed by atoms with E-state index < -0.39 is 11.9 Å². The molecule has 5 rings (SSSR count). The van der Waals surface area contributed by atoms with Crippen LogP contribution < -0.4 is 9.47 Å². The molecule has 37 heavy (non-hydrogen) atoms. The summed E-state index contributed by atoms with van der Waals surface area (Å²) in [4.78, 5) is 22.4. The van der Waals surface area contributed by atoms with Crippen molar-refractivity contribution in [3.63, 3.8) is 0 Å². The maximum atomic E-state index is 11.3. The first-order valence-electron chi connectivity index (χ1n) is 11.7. The molecule has 1 aromatic heterocycles. The SMILES string of the molecule is C=CC(=O)OCCOc1ccc2c(ccc3sc4c5cccc(OCCOC(=O)C=C)c5ccc4c32)c1. The first kappa shape index (κ1) is 24.3. The number of hydrogen-bond acceptors (Lipinski definition) is 7. The van der Waals surface area contributed by atoms with E-state index in [9.17, 15) is 9.59 Å². The molecule has 0 N–H and O–H groups in total. The molecule has 5 aromatic rings. The third-order valence-electron chi connectivity index (χ3n) is 5.92. The second kappa shape index (κ2) is 10.7. The highest BCUT2D eigenvalue weighted by Gasteiger charge is 2.14. The lowest BCUT2D eigenvalue weighted by Gasteiger charge is -2.10. The van der Waals surface area contributed by atoms with Gasteiger partial charge in [-0.15, -0.1) is 11.3 Å². The monoisotopic (exact) mass is 512 g/mol. The highest BCUT2D eigenvalue weighted by Crippen LogP contribution is 2.43. The summed E-state index contributed by atoms with van der Waals surface area (Å²) in [7, 11) is 0. The van der Waals surface area contributed by atoms with Gasteiger partial charge in [-0.25, -0.2) is 9.59 Å². The molecule has 0 amide bonds. The highest BCUT2D eigenvalue weighted by molar-refractivity contribution is 7.26. The molecule has 0 atom stereocenters. The number of thiophene rings is 1. The van der Waals surface area contributed by atoms with E-state index in [1.54, 1.807) is 11.3 Å². The van der Waals surface area contributed by atoms with E-state index in [0.29, 0.717) is 5.75 Å².